The Kier molecular flexibility index (Phi) is 2.04. The molecule has 0 saturated carbocycles. The zero-order valence-electron chi connectivity index (χ0n) is 7.42. The van der Waals surface area contributed by atoms with Gasteiger partial charge in [-0.1, -0.05) is 5.16 Å². The van der Waals surface area contributed by atoms with Crippen molar-refractivity contribution in [2.24, 2.45) is 0 Å². The van der Waals surface area contributed by atoms with Crippen molar-refractivity contribution in [2.75, 3.05) is 0 Å². The molecule has 14 heavy (non-hydrogen) atoms. The van der Waals surface area contributed by atoms with Gasteiger partial charge in [-0.05, 0) is 19.1 Å². The van der Waals surface area contributed by atoms with Crippen LogP contribution in [0.15, 0.2) is 28.8 Å². The van der Waals surface area contributed by atoms with E-state index in [1.165, 1.54) is 12.1 Å². The van der Waals surface area contributed by atoms with Gasteiger partial charge in [0.15, 0.2) is 5.76 Å². The molecule has 0 atom stereocenters. The predicted octanol–water partition coefficient (Wildman–Crippen LogP) is 2.93. The van der Waals surface area contributed by atoms with Gasteiger partial charge in [0.05, 0.1) is 5.69 Å². The Balaban J connectivity index is 2.51. The molecule has 0 unspecified atom stereocenters. The van der Waals surface area contributed by atoms with Crippen LogP contribution in [0.4, 0.5) is 8.78 Å². The number of hydrogen-bond acceptors (Lipinski definition) is 2. The molecule has 0 aliphatic rings. The van der Waals surface area contributed by atoms with Crippen LogP contribution in [0.5, 0.6) is 0 Å². The van der Waals surface area contributed by atoms with Gasteiger partial charge in [0, 0.05) is 17.7 Å². The second-order valence-corrected chi connectivity index (χ2v) is 2.99. The molecule has 0 saturated heterocycles. The molecule has 0 aliphatic heterocycles. The summed E-state index contributed by atoms with van der Waals surface area (Å²) < 4.78 is 30.5. The van der Waals surface area contributed by atoms with Crippen molar-refractivity contribution in [3.8, 4) is 11.3 Å². The second-order valence-electron chi connectivity index (χ2n) is 2.99. The molecule has 0 amide bonds. The highest BCUT2D eigenvalue weighted by atomic mass is 19.1. The lowest BCUT2D eigenvalue weighted by molar-refractivity contribution is 0.426. The van der Waals surface area contributed by atoms with Crippen LogP contribution in [0, 0.1) is 18.6 Å². The van der Waals surface area contributed by atoms with E-state index in [1.807, 2.05) is 0 Å². The van der Waals surface area contributed by atoms with E-state index >= 15 is 0 Å². The van der Waals surface area contributed by atoms with E-state index in [0.717, 1.165) is 6.07 Å². The molecule has 2 rings (SSSR count). The van der Waals surface area contributed by atoms with Crippen molar-refractivity contribution in [1.29, 1.82) is 0 Å². The maximum Gasteiger partial charge on any atom is 0.167 e. The van der Waals surface area contributed by atoms with Gasteiger partial charge in [-0.2, -0.15) is 0 Å². The van der Waals surface area contributed by atoms with Gasteiger partial charge >= 0.3 is 0 Å². The average molecular weight is 195 g/mol. The smallest absolute Gasteiger partial charge is 0.167 e. The van der Waals surface area contributed by atoms with Gasteiger partial charge in [0.2, 0.25) is 0 Å². The number of rotatable bonds is 1. The lowest BCUT2D eigenvalue weighted by Gasteiger charge is -1.95. The van der Waals surface area contributed by atoms with Crippen LogP contribution in [0.3, 0.4) is 0 Å². The van der Waals surface area contributed by atoms with E-state index in [1.54, 1.807) is 13.0 Å². The molecule has 1 aromatic carbocycles. The van der Waals surface area contributed by atoms with Crippen LogP contribution in [0.1, 0.15) is 5.69 Å². The standard InChI is InChI=1S/C10H7F2NO/c1-6-2-10(14-13-6)7-3-8(11)5-9(12)4-7/h2-5H,1H3. The lowest BCUT2D eigenvalue weighted by atomic mass is 10.1. The Hall–Kier alpha value is -1.71. The number of nitrogens with zero attached hydrogens (tertiary/aromatic N) is 1. The van der Waals surface area contributed by atoms with Gasteiger partial charge in [-0.3, -0.25) is 0 Å². The number of benzene rings is 1. The van der Waals surface area contributed by atoms with Gasteiger partial charge in [-0.25, -0.2) is 8.78 Å². The van der Waals surface area contributed by atoms with E-state index in [9.17, 15) is 8.78 Å². The summed E-state index contributed by atoms with van der Waals surface area (Å²) in [6.45, 7) is 1.74. The first kappa shape index (κ1) is 8.87. The third-order valence-electron chi connectivity index (χ3n) is 1.78. The Morgan fingerprint density at radius 2 is 1.71 bits per heavy atom. The first-order valence-electron chi connectivity index (χ1n) is 4.05. The first-order valence-corrected chi connectivity index (χ1v) is 4.05. The topological polar surface area (TPSA) is 26.0 Å². The van der Waals surface area contributed by atoms with Crippen LogP contribution in [0.25, 0.3) is 11.3 Å². The van der Waals surface area contributed by atoms with E-state index in [0.29, 0.717) is 17.0 Å². The van der Waals surface area contributed by atoms with Gasteiger partial charge in [0.25, 0.3) is 0 Å². The Labute approximate surface area is 79.1 Å². The number of aryl methyl sites for hydroxylation is 1. The highest BCUT2D eigenvalue weighted by Crippen LogP contribution is 2.21. The molecule has 2 nitrogen and oxygen atoms in total. The molecule has 72 valence electrons. The van der Waals surface area contributed by atoms with Gasteiger partial charge in [-0.15, -0.1) is 0 Å². The molecule has 0 radical (unpaired) electrons. The maximum absolute atomic E-state index is 12.8. The van der Waals surface area contributed by atoms with Crippen molar-refractivity contribution >= 4 is 0 Å². The fourth-order valence-corrected chi connectivity index (χ4v) is 1.20. The van der Waals surface area contributed by atoms with Crippen molar-refractivity contribution < 1.29 is 13.3 Å². The lowest BCUT2D eigenvalue weighted by Crippen LogP contribution is -1.82. The summed E-state index contributed by atoms with van der Waals surface area (Å²) in [5.41, 5.74) is 1.02. The summed E-state index contributed by atoms with van der Waals surface area (Å²) in [5.74, 6) is -0.899. The second kappa shape index (κ2) is 3.21. The summed E-state index contributed by atoms with van der Waals surface area (Å²) in [4.78, 5) is 0. The van der Waals surface area contributed by atoms with E-state index in [4.69, 9.17) is 4.52 Å². The number of hydrogen-bond donors (Lipinski definition) is 0. The quantitative estimate of drug-likeness (QED) is 0.699. The minimum absolute atomic E-state index is 0.350. The van der Waals surface area contributed by atoms with E-state index in [2.05, 4.69) is 5.16 Å². The number of halogens is 2. The number of aromatic nitrogens is 1. The van der Waals surface area contributed by atoms with E-state index in [-0.39, 0.29) is 0 Å². The van der Waals surface area contributed by atoms with E-state index < -0.39 is 11.6 Å². The molecule has 2 aromatic rings. The molecule has 0 fully saturated rings. The zero-order chi connectivity index (χ0) is 10.1. The molecule has 1 heterocycles. The molecule has 0 N–H and O–H groups in total. The van der Waals surface area contributed by atoms with Crippen molar-refractivity contribution in [1.82, 2.24) is 5.16 Å². The fourth-order valence-electron chi connectivity index (χ4n) is 1.20. The average Bonchev–Trinajstić information content (AvgIpc) is 2.50. The summed E-state index contributed by atoms with van der Waals surface area (Å²) in [7, 11) is 0. The van der Waals surface area contributed by atoms with Crippen molar-refractivity contribution in [3.63, 3.8) is 0 Å². The Bertz CT molecular complexity index is 445. The van der Waals surface area contributed by atoms with Gasteiger partial charge < -0.3 is 4.52 Å². The largest absolute Gasteiger partial charge is 0.356 e. The Morgan fingerprint density at radius 1 is 1.07 bits per heavy atom. The molecule has 0 aliphatic carbocycles. The zero-order valence-corrected chi connectivity index (χ0v) is 7.42. The van der Waals surface area contributed by atoms with Gasteiger partial charge in [0.1, 0.15) is 11.6 Å². The van der Waals surface area contributed by atoms with Crippen LogP contribution in [-0.2, 0) is 0 Å². The summed E-state index contributed by atoms with van der Waals surface area (Å²) >= 11 is 0. The van der Waals surface area contributed by atoms with Crippen molar-refractivity contribution in [3.05, 3.63) is 41.6 Å². The third kappa shape index (κ3) is 1.64. The minimum Gasteiger partial charge on any atom is -0.356 e. The molecule has 1 aromatic heterocycles. The van der Waals surface area contributed by atoms with Crippen LogP contribution < -0.4 is 0 Å². The summed E-state index contributed by atoms with van der Waals surface area (Å²) in [6.07, 6.45) is 0. The first-order chi connectivity index (χ1) is 6.65. The third-order valence-corrected chi connectivity index (χ3v) is 1.78. The van der Waals surface area contributed by atoms with Crippen LogP contribution in [0.2, 0.25) is 0 Å². The van der Waals surface area contributed by atoms with Crippen LogP contribution >= 0.6 is 0 Å². The maximum atomic E-state index is 12.8. The van der Waals surface area contributed by atoms with Crippen LogP contribution in [-0.4, -0.2) is 5.16 Å². The molecular formula is C10H7F2NO. The molecule has 0 spiro atoms. The summed E-state index contributed by atoms with van der Waals surface area (Å²) in [5, 5.41) is 3.63. The highest BCUT2D eigenvalue weighted by molar-refractivity contribution is 5.57. The molecule has 0 bridgehead atoms. The highest BCUT2D eigenvalue weighted by Gasteiger charge is 2.07. The summed E-state index contributed by atoms with van der Waals surface area (Å²) in [6, 6.07) is 4.83. The molecule has 4 heteroatoms. The minimum atomic E-state index is -0.631. The van der Waals surface area contributed by atoms with Crippen molar-refractivity contribution in [2.45, 2.75) is 6.92 Å². The normalized spacial score (nSPS) is 10.5. The SMILES string of the molecule is Cc1cc(-c2cc(F)cc(F)c2)on1. The monoisotopic (exact) mass is 195 g/mol. The Morgan fingerprint density at radius 3 is 2.21 bits per heavy atom. The molecular weight excluding hydrogens is 188 g/mol. The fraction of sp³-hybridized carbons (Fsp3) is 0.100. The predicted molar refractivity (Wildman–Crippen MR) is 46.6 cm³/mol.